The Hall–Kier alpha value is -0.970. The fourth-order valence-corrected chi connectivity index (χ4v) is 2.57. The Bertz CT molecular complexity index is 522. The fraction of sp³-hybridized carbons (Fsp3) is 0.308. The molecule has 96 valence electrons. The molecule has 2 rings (SSSR count). The summed E-state index contributed by atoms with van der Waals surface area (Å²) in [4.78, 5) is 1.22. The van der Waals surface area contributed by atoms with E-state index in [1.54, 1.807) is 18.0 Å². The summed E-state index contributed by atoms with van der Waals surface area (Å²) in [6.45, 7) is 2.79. The summed E-state index contributed by atoms with van der Waals surface area (Å²) in [7, 11) is 0. The van der Waals surface area contributed by atoms with E-state index in [1.165, 1.54) is 4.90 Å². The van der Waals surface area contributed by atoms with E-state index < -0.39 is 0 Å². The number of hydrogen-bond acceptors (Lipinski definition) is 3. The maximum absolute atomic E-state index is 6.28. The third-order valence-corrected chi connectivity index (χ3v) is 3.94. The Morgan fingerprint density at radius 3 is 2.61 bits per heavy atom. The predicted octanol–water partition coefficient (Wildman–Crippen LogP) is 3.33. The van der Waals surface area contributed by atoms with E-state index in [1.807, 2.05) is 23.7 Å². The van der Waals surface area contributed by atoms with Crippen molar-refractivity contribution >= 4 is 23.4 Å². The zero-order chi connectivity index (χ0) is 13.1. The highest BCUT2D eigenvalue weighted by molar-refractivity contribution is 7.98. The highest BCUT2D eigenvalue weighted by atomic mass is 35.5. The molecule has 1 atom stereocenters. The molecule has 1 unspecified atom stereocenters. The van der Waals surface area contributed by atoms with Gasteiger partial charge in [0, 0.05) is 11.4 Å². The van der Waals surface area contributed by atoms with Gasteiger partial charge in [0.15, 0.2) is 0 Å². The molecule has 0 aliphatic carbocycles. The number of aryl methyl sites for hydroxylation is 1. The minimum absolute atomic E-state index is 0.240. The maximum Gasteiger partial charge on any atom is 0.0837 e. The van der Waals surface area contributed by atoms with E-state index in [0.29, 0.717) is 5.02 Å². The second-order valence-corrected chi connectivity index (χ2v) is 5.23. The first kappa shape index (κ1) is 13.5. The molecule has 0 spiro atoms. The molecule has 18 heavy (non-hydrogen) atoms. The van der Waals surface area contributed by atoms with Crippen LogP contribution in [-0.4, -0.2) is 16.0 Å². The number of nitrogens with two attached hydrogens (primary N) is 1. The molecule has 0 amide bonds. The lowest BCUT2D eigenvalue weighted by atomic mass is 10.0. The van der Waals surface area contributed by atoms with Crippen LogP contribution in [0.25, 0.3) is 0 Å². The summed E-state index contributed by atoms with van der Waals surface area (Å²) in [5.74, 6) is 0. The predicted molar refractivity (Wildman–Crippen MR) is 77.2 cm³/mol. The van der Waals surface area contributed by atoms with Gasteiger partial charge in [0.05, 0.1) is 23.0 Å². The number of nitrogens with zero attached hydrogens (tertiary/aromatic N) is 2. The molecule has 0 aliphatic heterocycles. The zero-order valence-corrected chi connectivity index (χ0v) is 12.0. The van der Waals surface area contributed by atoms with E-state index >= 15 is 0 Å². The lowest BCUT2D eigenvalue weighted by Gasteiger charge is -2.15. The zero-order valence-electron chi connectivity index (χ0n) is 10.4. The molecule has 0 radical (unpaired) electrons. The first-order valence-corrected chi connectivity index (χ1v) is 7.38. The van der Waals surface area contributed by atoms with Gasteiger partial charge in [-0.05, 0) is 30.9 Å². The van der Waals surface area contributed by atoms with Crippen molar-refractivity contribution in [1.29, 1.82) is 0 Å². The first-order chi connectivity index (χ1) is 8.67. The van der Waals surface area contributed by atoms with Gasteiger partial charge < -0.3 is 5.73 Å². The van der Waals surface area contributed by atoms with E-state index in [4.69, 9.17) is 17.3 Å². The minimum Gasteiger partial charge on any atom is -0.319 e. The Kier molecular flexibility index (Phi) is 4.32. The Balaban J connectivity index is 2.34. The van der Waals surface area contributed by atoms with Gasteiger partial charge in [0.2, 0.25) is 0 Å². The van der Waals surface area contributed by atoms with Crippen molar-refractivity contribution in [3.8, 4) is 0 Å². The second kappa shape index (κ2) is 5.78. The van der Waals surface area contributed by atoms with E-state index in [9.17, 15) is 0 Å². The van der Waals surface area contributed by atoms with Crippen LogP contribution in [0.1, 0.15) is 24.2 Å². The third kappa shape index (κ3) is 2.55. The van der Waals surface area contributed by atoms with Gasteiger partial charge in [0.25, 0.3) is 0 Å². The normalized spacial score (nSPS) is 12.7. The lowest BCUT2D eigenvalue weighted by Crippen LogP contribution is -2.17. The molecule has 0 bridgehead atoms. The van der Waals surface area contributed by atoms with E-state index in [-0.39, 0.29) is 6.04 Å². The van der Waals surface area contributed by atoms with Crippen LogP contribution in [-0.2, 0) is 6.54 Å². The molecule has 0 saturated heterocycles. The van der Waals surface area contributed by atoms with Crippen LogP contribution < -0.4 is 5.73 Å². The Labute approximate surface area is 116 Å². The van der Waals surface area contributed by atoms with Gasteiger partial charge in [-0.2, -0.15) is 5.10 Å². The Morgan fingerprint density at radius 2 is 2.06 bits per heavy atom. The molecule has 1 aromatic heterocycles. The molecule has 0 aliphatic rings. The largest absolute Gasteiger partial charge is 0.319 e. The number of thioether (sulfide) groups is 1. The molecule has 1 heterocycles. The van der Waals surface area contributed by atoms with Crippen molar-refractivity contribution < 1.29 is 0 Å². The number of aromatic nitrogens is 2. The van der Waals surface area contributed by atoms with Crippen LogP contribution >= 0.6 is 23.4 Å². The molecule has 0 saturated carbocycles. The van der Waals surface area contributed by atoms with E-state index in [0.717, 1.165) is 17.8 Å². The molecule has 2 aromatic rings. The average Bonchev–Trinajstić information content (AvgIpc) is 2.79. The highest BCUT2D eigenvalue weighted by Crippen LogP contribution is 2.27. The number of benzene rings is 1. The number of hydrogen-bond donors (Lipinski definition) is 1. The van der Waals surface area contributed by atoms with Crippen molar-refractivity contribution in [2.75, 3.05) is 6.26 Å². The van der Waals surface area contributed by atoms with Gasteiger partial charge in [-0.15, -0.1) is 11.8 Å². The summed E-state index contributed by atoms with van der Waals surface area (Å²) in [6.07, 6.45) is 3.70. The van der Waals surface area contributed by atoms with Gasteiger partial charge >= 0.3 is 0 Å². The monoisotopic (exact) mass is 281 g/mol. The van der Waals surface area contributed by atoms with Crippen LogP contribution in [0.2, 0.25) is 5.02 Å². The molecule has 5 heteroatoms. The van der Waals surface area contributed by atoms with Crippen LogP contribution in [0.5, 0.6) is 0 Å². The number of rotatable bonds is 4. The van der Waals surface area contributed by atoms with Crippen molar-refractivity contribution in [2.45, 2.75) is 24.4 Å². The molecule has 3 nitrogen and oxygen atoms in total. The summed E-state index contributed by atoms with van der Waals surface area (Å²) < 4.78 is 1.84. The summed E-state index contributed by atoms with van der Waals surface area (Å²) in [6, 6.07) is 7.98. The molecular weight excluding hydrogens is 266 g/mol. The van der Waals surface area contributed by atoms with Crippen LogP contribution in [0.4, 0.5) is 0 Å². The van der Waals surface area contributed by atoms with Gasteiger partial charge in [-0.1, -0.05) is 23.7 Å². The van der Waals surface area contributed by atoms with Crippen LogP contribution in [0, 0.1) is 0 Å². The summed E-state index contributed by atoms with van der Waals surface area (Å²) in [5, 5.41) is 4.84. The molecule has 2 N–H and O–H groups in total. The van der Waals surface area contributed by atoms with Gasteiger partial charge in [-0.3, -0.25) is 4.68 Å². The topological polar surface area (TPSA) is 43.8 Å². The van der Waals surface area contributed by atoms with Crippen molar-refractivity contribution in [3.05, 3.63) is 46.7 Å². The maximum atomic E-state index is 6.28. The molecule has 0 fully saturated rings. The van der Waals surface area contributed by atoms with Crippen molar-refractivity contribution in [1.82, 2.24) is 9.78 Å². The quantitative estimate of drug-likeness (QED) is 0.874. The average molecular weight is 282 g/mol. The highest BCUT2D eigenvalue weighted by Gasteiger charge is 2.17. The standard InChI is InChI=1S/C13H16ClN3S/c1-3-17-13(11(14)8-16-17)12(15)9-4-6-10(18-2)7-5-9/h4-8,12H,3,15H2,1-2H3. The number of halogens is 1. The molecule has 1 aromatic carbocycles. The third-order valence-electron chi connectivity index (χ3n) is 2.90. The van der Waals surface area contributed by atoms with Gasteiger partial charge in [0.1, 0.15) is 0 Å². The second-order valence-electron chi connectivity index (χ2n) is 3.94. The minimum atomic E-state index is -0.240. The smallest absolute Gasteiger partial charge is 0.0837 e. The first-order valence-electron chi connectivity index (χ1n) is 5.78. The SMILES string of the molecule is CCn1ncc(Cl)c1C(N)c1ccc(SC)cc1. The Morgan fingerprint density at radius 1 is 1.39 bits per heavy atom. The van der Waals surface area contributed by atoms with Crippen LogP contribution in [0.3, 0.4) is 0 Å². The summed E-state index contributed by atoms with van der Waals surface area (Å²) >= 11 is 7.87. The lowest BCUT2D eigenvalue weighted by molar-refractivity contribution is 0.601. The van der Waals surface area contributed by atoms with Crippen LogP contribution in [0.15, 0.2) is 35.4 Å². The fourth-order valence-electron chi connectivity index (χ4n) is 1.90. The van der Waals surface area contributed by atoms with Crippen molar-refractivity contribution in [2.24, 2.45) is 5.73 Å². The van der Waals surface area contributed by atoms with E-state index in [2.05, 4.69) is 23.5 Å². The van der Waals surface area contributed by atoms with Crippen molar-refractivity contribution in [3.63, 3.8) is 0 Å². The summed E-state index contributed by atoms with van der Waals surface area (Å²) in [5.41, 5.74) is 8.19. The van der Waals surface area contributed by atoms with Gasteiger partial charge in [-0.25, -0.2) is 0 Å². The molecular formula is C13H16ClN3S.